The van der Waals surface area contributed by atoms with Gasteiger partial charge in [0.15, 0.2) is 0 Å². The Bertz CT molecular complexity index is 1100. The molecule has 1 heterocycles. The number of carbonyl (C=O) groups excluding carboxylic acids is 1. The molecule has 0 bridgehead atoms. The molecule has 3 aromatic carbocycles. The fraction of sp³-hybridized carbons (Fsp3) is 0.240. The van der Waals surface area contributed by atoms with E-state index < -0.39 is 0 Å². The van der Waals surface area contributed by atoms with Gasteiger partial charge in [-0.15, -0.1) is 0 Å². The molecule has 1 amide bonds. The Morgan fingerprint density at radius 2 is 1.89 bits per heavy atom. The van der Waals surface area contributed by atoms with Crippen molar-refractivity contribution in [3.8, 4) is 0 Å². The minimum Gasteiger partial charge on any atom is -0.304 e. The number of carbonyl (C=O) groups is 1. The maximum absolute atomic E-state index is 13.2. The van der Waals surface area contributed by atoms with Gasteiger partial charge in [0.05, 0.1) is 6.04 Å². The Morgan fingerprint density at radius 1 is 1.07 bits per heavy atom. The predicted octanol–water partition coefficient (Wildman–Crippen LogP) is 6.65. The van der Waals surface area contributed by atoms with E-state index in [1.807, 2.05) is 30.0 Å². The van der Waals surface area contributed by atoms with E-state index in [9.17, 15) is 4.79 Å². The fourth-order valence-corrected chi connectivity index (χ4v) is 5.20. The molecule has 0 saturated heterocycles. The van der Waals surface area contributed by atoms with Crippen molar-refractivity contribution in [3.63, 3.8) is 0 Å². The van der Waals surface area contributed by atoms with Gasteiger partial charge in [-0.3, -0.25) is 4.79 Å². The molecule has 3 atom stereocenters. The third-order valence-corrected chi connectivity index (χ3v) is 6.45. The van der Waals surface area contributed by atoms with Crippen molar-refractivity contribution in [2.24, 2.45) is 5.92 Å². The number of amides is 1. The number of halogens is 1. The summed E-state index contributed by atoms with van der Waals surface area (Å²) in [4.78, 5) is 15.2. The number of hydrogen-bond donors (Lipinski definition) is 0. The SMILES string of the molecule is CCC(=O)N1c2ccc(Cl)cc2[C@@H]2C=CC[C@H]2[C@@H]1c1cccc2ccccc12. The molecule has 1 aliphatic heterocycles. The van der Waals surface area contributed by atoms with E-state index in [-0.39, 0.29) is 11.9 Å². The van der Waals surface area contributed by atoms with Crippen molar-refractivity contribution < 1.29 is 4.79 Å². The summed E-state index contributed by atoms with van der Waals surface area (Å²) in [5, 5.41) is 3.17. The average Bonchev–Trinajstić information content (AvgIpc) is 3.22. The minimum atomic E-state index is 0.0206. The first-order valence-corrected chi connectivity index (χ1v) is 10.3. The largest absolute Gasteiger partial charge is 0.304 e. The van der Waals surface area contributed by atoms with Crippen LogP contribution in [-0.4, -0.2) is 5.91 Å². The number of fused-ring (bicyclic) bond motifs is 4. The molecule has 2 aliphatic rings. The van der Waals surface area contributed by atoms with Crippen LogP contribution in [0.25, 0.3) is 10.8 Å². The molecule has 140 valence electrons. The van der Waals surface area contributed by atoms with Crippen LogP contribution in [-0.2, 0) is 4.79 Å². The molecule has 0 fully saturated rings. The summed E-state index contributed by atoms with van der Waals surface area (Å²) in [5.74, 6) is 0.776. The smallest absolute Gasteiger partial charge is 0.227 e. The molecule has 0 saturated carbocycles. The van der Waals surface area contributed by atoms with Crippen LogP contribution >= 0.6 is 11.6 Å². The Kier molecular flexibility index (Phi) is 4.25. The second kappa shape index (κ2) is 6.79. The van der Waals surface area contributed by atoms with Gasteiger partial charge in [0, 0.05) is 23.0 Å². The van der Waals surface area contributed by atoms with Crippen molar-refractivity contribution in [1.29, 1.82) is 0 Å². The fourth-order valence-electron chi connectivity index (χ4n) is 5.02. The predicted molar refractivity (Wildman–Crippen MR) is 116 cm³/mol. The van der Waals surface area contributed by atoms with Crippen LogP contribution in [0.4, 0.5) is 5.69 Å². The lowest BCUT2D eigenvalue weighted by Crippen LogP contribution is -2.43. The van der Waals surface area contributed by atoms with Gasteiger partial charge >= 0.3 is 0 Å². The quantitative estimate of drug-likeness (QED) is 0.450. The topological polar surface area (TPSA) is 20.3 Å². The van der Waals surface area contributed by atoms with Gasteiger partial charge in [0.25, 0.3) is 0 Å². The lowest BCUT2D eigenvalue weighted by atomic mass is 9.74. The lowest BCUT2D eigenvalue weighted by molar-refractivity contribution is -0.119. The molecule has 1 aliphatic carbocycles. The van der Waals surface area contributed by atoms with E-state index in [1.165, 1.54) is 21.9 Å². The van der Waals surface area contributed by atoms with E-state index in [0.717, 1.165) is 17.1 Å². The standard InChI is InChI=1S/C25H22ClNO/c1-2-24(28)27-23-14-13-17(26)15-22(23)19-10-6-12-21(19)25(27)20-11-5-8-16-7-3-4-9-18(16)20/h3-11,13-15,19,21,25H,2,12H2,1H3/t19-,21-,25+/m1/s1. The zero-order chi connectivity index (χ0) is 19.3. The first-order chi connectivity index (χ1) is 13.7. The van der Waals surface area contributed by atoms with Crippen molar-refractivity contribution in [2.45, 2.75) is 31.7 Å². The van der Waals surface area contributed by atoms with E-state index >= 15 is 0 Å². The maximum Gasteiger partial charge on any atom is 0.227 e. The van der Waals surface area contributed by atoms with Crippen LogP contribution in [0, 0.1) is 5.92 Å². The van der Waals surface area contributed by atoms with Gasteiger partial charge in [-0.05, 0) is 52.4 Å². The lowest BCUT2D eigenvalue weighted by Gasteiger charge is -2.45. The molecular formula is C25H22ClNO. The molecule has 0 spiro atoms. The summed E-state index contributed by atoms with van der Waals surface area (Å²) in [6, 6.07) is 20.9. The molecule has 0 unspecified atom stereocenters. The van der Waals surface area contributed by atoms with Crippen LogP contribution < -0.4 is 4.90 Å². The third kappa shape index (κ3) is 2.59. The second-order valence-corrected chi connectivity index (χ2v) is 8.12. The number of hydrogen-bond acceptors (Lipinski definition) is 1. The van der Waals surface area contributed by atoms with Gasteiger partial charge in [-0.2, -0.15) is 0 Å². The zero-order valence-corrected chi connectivity index (χ0v) is 16.6. The number of allylic oxidation sites excluding steroid dienone is 2. The highest BCUT2D eigenvalue weighted by Crippen LogP contribution is 2.54. The molecule has 28 heavy (non-hydrogen) atoms. The van der Waals surface area contributed by atoms with Gasteiger partial charge in [0.1, 0.15) is 0 Å². The monoisotopic (exact) mass is 387 g/mol. The molecule has 5 rings (SSSR count). The van der Waals surface area contributed by atoms with Crippen LogP contribution in [0.3, 0.4) is 0 Å². The van der Waals surface area contributed by atoms with Crippen molar-refractivity contribution in [2.75, 3.05) is 4.90 Å². The van der Waals surface area contributed by atoms with E-state index in [0.29, 0.717) is 18.3 Å². The molecule has 0 radical (unpaired) electrons. The third-order valence-electron chi connectivity index (χ3n) is 6.22. The van der Waals surface area contributed by atoms with E-state index in [2.05, 4.69) is 54.6 Å². The van der Waals surface area contributed by atoms with Crippen LogP contribution in [0.15, 0.2) is 72.8 Å². The normalized spacial score (nSPS) is 22.9. The number of nitrogens with zero attached hydrogens (tertiary/aromatic N) is 1. The summed E-state index contributed by atoms with van der Waals surface area (Å²) < 4.78 is 0. The summed E-state index contributed by atoms with van der Waals surface area (Å²) in [5.41, 5.74) is 3.41. The minimum absolute atomic E-state index is 0.0206. The molecule has 3 heteroatoms. The average molecular weight is 388 g/mol. The Hall–Kier alpha value is -2.58. The van der Waals surface area contributed by atoms with Crippen LogP contribution in [0.2, 0.25) is 5.02 Å². The Morgan fingerprint density at radius 3 is 2.75 bits per heavy atom. The summed E-state index contributed by atoms with van der Waals surface area (Å²) in [6.07, 6.45) is 6.01. The van der Waals surface area contributed by atoms with Gasteiger partial charge < -0.3 is 4.90 Å². The molecule has 0 N–H and O–H groups in total. The summed E-state index contributed by atoms with van der Waals surface area (Å²) in [7, 11) is 0. The van der Waals surface area contributed by atoms with Gasteiger partial charge in [-0.1, -0.05) is 73.1 Å². The highest BCUT2D eigenvalue weighted by atomic mass is 35.5. The van der Waals surface area contributed by atoms with Crippen molar-refractivity contribution in [1.82, 2.24) is 0 Å². The van der Waals surface area contributed by atoms with Gasteiger partial charge in [0.2, 0.25) is 5.91 Å². The highest BCUT2D eigenvalue weighted by molar-refractivity contribution is 6.30. The summed E-state index contributed by atoms with van der Waals surface area (Å²) in [6.45, 7) is 1.94. The number of benzene rings is 3. The Balaban J connectivity index is 1.78. The maximum atomic E-state index is 13.2. The van der Waals surface area contributed by atoms with Crippen LogP contribution in [0.1, 0.15) is 42.9 Å². The molecule has 2 nitrogen and oxygen atoms in total. The molecule has 3 aromatic rings. The van der Waals surface area contributed by atoms with Crippen molar-refractivity contribution >= 4 is 34.0 Å². The van der Waals surface area contributed by atoms with Crippen LogP contribution in [0.5, 0.6) is 0 Å². The van der Waals surface area contributed by atoms with E-state index in [1.54, 1.807) is 0 Å². The second-order valence-electron chi connectivity index (χ2n) is 7.69. The molecular weight excluding hydrogens is 366 g/mol. The summed E-state index contributed by atoms with van der Waals surface area (Å²) >= 11 is 6.33. The number of anilines is 1. The van der Waals surface area contributed by atoms with Gasteiger partial charge in [-0.25, -0.2) is 0 Å². The first kappa shape index (κ1) is 17.5. The zero-order valence-electron chi connectivity index (χ0n) is 15.8. The molecule has 0 aromatic heterocycles. The first-order valence-electron chi connectivity index (χ1n) is 9.95. The van der Waals surface area contributed by atoms with E-state index in [4.69, 9.17) is 11.6 Å². The Labute approximate surface area is 170 Å². The van der Waals surface area contributed by atoms with Crippen molar-refractivity contribution in [3.05, 3.63) is 89.0 Å². The highest BCUT2D eigenvalue weighted by Gasteiger charge is 2.44. The number of rotatable bonds is 2.